The fraction of sp³-hybridized carbons (Fsp3) is 0.667. The number of likely N-dealkylation sites (N-methyl/N-ethyl adjacent to an activating group) is 1. The second-order valence-electron chi connectivity index (χ2n) is 5.90. The van der Waals surface area contributed by atoms with E-state index in [2.05, 4.69) is 56.7 Å². The minimum Gasteiger partial charge on any atom is -0.353 e. The Balaban J connectivity index is 2.44. The molecule has 18 heavy (non-hydrogen) atoms. The maximum atomic E-state index is 4.91. The molecule has 0 amide bonds. The van der Waals surface area contributed by atoms with Crippen LogP contribution in [-0.4, -0.2) is 36.1 Å². The Kier molecular flexibility index (Phi) is 3.91. The summed E-state index contributed by atoms with van der Waals surface area (Å²) >= 11 is 0. The molecule has 0 atom stereocenters. The number of anilines is 1. The van der Waals surface area contributed by atoms with Crippen molar-refractivity contribution in [3.63, 3.8) is 0 Å². The van der Waals surface area contributed by atoms with E-state index in [-0.39, 0.29) is 0 Å². The van der Waals surface area contributed by atoms with Crippen LogP contribution in [0.5, 0.6) is 0 Å². The van der Waals surface area contributed by atoms with Gasteiger partial charge in [-0.2, -0.15) is 0 Å². The van der Waals surface area contributed by atoms with Crippen LogP contribution >= 0.6 is 0 Å². The summed E-state index contributed by atoms with van der Waals surface area (Å²) in [5.74, 6) is 1.69. The molecule has 3 nitrogen and oxygen atoms in total. The van der Waals surface area contributed by atoms with Gasteiger partial charge in [-0.25, -0.2) is 4.98 Å². The smallest absolute Gasteiger partial charge is 0.133 e. The molecule has 0 unspecified atom stereocenters. The Morgan fingerprint density at radius 3 is 2.44 bits per heavy atom. The third kappa shape index (κ3) is 2.66. The molecule has 0 spiro atoms. The monoisotopic (exact) mass is 247 g/mol. The molecule has 3 heteroatoms. The lowest BCUT2D eigenvalue weighted by atomic mass is 10.1. The summed E-state index contributed by atoms with van der Waals surface area (Å²) in [7, 11) is 2.18. The second kappa shape index (κ2) is 5.27. The van der Waals surface area contributed by atoms with Crippen molar-refractivity contribution in [1.29, 1.82) is 0 Å². The summed E-state index contributed by atoms with van der Waals surface area (Å²) in [6, 6.07) is 4.95. The maximum Gasteiger partial charge on any atom is 0.133 e. The molecule has 2 heterocycles. The minimum atomic E-state index is 0.491. The molecule has 100 valence electrons. The van der Waals surface area contributed by atoms with E-state index < -0.39 is 0 Å². The van der Waals surface area contributed by atoms with E-state index in [9.17, 15) is 0 Å². The number of nitrogens with zero attached hydrogens (tertiary/aromatic N) is 3. The zero-order valence-corrected chi connectivity index (χ0v) is 12.3. The standard InChI is InChI=1S/C15H25N3/c1-11(2)14-7-6-13-10-17(5)8-9-18(12(3)4)15(13)16-14/h6-7,11-12H,8-10H2,1-5H3. The number of aromatic nitrogens is 1. The van der Waals surface area contributed by atoms with E-state index in [1.54, 1.807) is 0 Å². The van der Waals surface area contributed by atoms with Gasteiger partial charge in [0.25, 0.3) is 0 Å². The average Bonchev–Trinajstić information content (AvgIpc) is 2.46. The lowest BCUT2D eigenvalue weighted by Crippen LogP contribution is -2.35. The SMILES string of the molecule is CC(C)c1ccc2c(n1)N(C(C)C)CCN(C)C2. The van der Waals surface area contributed by atoms with E-state index >= 15 is 0 Å². The molecule has 0 saturated heterocycles. The number of fused-ring (bicyclic) bond motifs is 1. The summed E-state index contributed by atoms with van der Waals surface area (Å²) in [4.78, 5) is 9.72. The number of rotatable bonds is 2. The molecule has 1 aliphatic heterocycles. The van der Waals surface area contributed by atoms with Crippen molar-refractivity contribution in [1.82, 2.24) is 9.88 Å². The first-order chi connectivity index (χ1) is 8.49. The molecule has 0 saturated carbocycles. The van der Waals surface area contributed by atoms with Gasteiger partial charge < -0.3 is 9.80 Å². The van der Waals surface area contributed by atoms with Gasteiger partial charge in [0.05, 0.1) is 0 Å². The highest BCUT2D eigenvalue weighted by Crippen LogP contribution is 2.26. The summed E-state index contributed by atoms with van der Waals surface area (Å²) in [5.41, 5.74) is 2.55. The first-order valence-corrected chi connectivity index (χ1v) is 6.94. The van der Waals surface area contributed by atoms with Crippen molar-refractivity contribution in [2.24, 2.45) is 0 Å². The van der Waals surface area contributed by atoms with Crippen molar-refractivity contribution in [3.8, 4) is 0 Å². The van der Waals surface area contributed by atoms with E-state index in [1.165, 1.54) is 17.1 Å². The van der Waals surface area contributed by atoms with Crippen LogP contribution in [0.25, 0.3) is 0 Å². The van der Waals surface area contributed by atoms with E-state index in [0.29, 0.717) is 12.0 Å². The summed E-state index contributed by atoms with van der Waals surface area (Å²) < 4.78 is 0. The van der Waals surface area contributed by atoms with Gasteiger partial charge in [-0.05, 0) is 32.9 Å². The van der Waals surface area contributed by atoms with Gasteiger partial charge in [-0.1, -0.05) is 19.9 Å². The second-order valence-corrected chi connectivity index (χ2v) is 5.90. The highest BCUT2D eigenvalue weighted by molar-refractivity contribution is 5.49. The number of hydrogen-bond donors (Lipinski definition) is 0. The van der Waals surface area contributed by atoms with Crippen LogP contribution in [0.15, 0.2) is 12.1 Å². The van der Waals surface area contributed by atoms with Crippen LogP contribution in [0.2, 0.25) is 0 Å². The van der Waals surface area contributed by atoms with Crippen molar-refractivity contribution < 1.29 is 0 Å². The van der Waals surface area contributed by atoms with Crippen molar-refractivity contribution in [2.75, 3.05) is 25.0 Å². The van der Waals surface area contributed by atoms with Crippen LogP contribution in [-0.2, 0) is 6.54 Å². The summed E-state index contributed by atoms with van der Waals surface area (Å²) in [6.45, 7) is 12.1. The maximum absolute atomic E-state index is 4.91. The van der Waals surface area contributed by atoms with Gasteiger partial charge in [0.1, 0.15) is 5.82 Å². The lowest BCUT2D eigenvalue weighted by molar-refractivity contribution is 0.340. The molecule has 1 aromatic heterocycles. The average molecular weight is 247 g/mol. The normalized spacial score (nSPS) is 17.2. The minimum absolute atomic E-state index is 0.491. The highest BCUT2D eigenvalue weighted by Gasteiger charge is 2.21. The molecule has 0 bridgehead atoms. The first-order valence-electron chi connectivity index (χ1n) is 6.94. The molecule has 1 aromatic rings. The van der Waals surface area contributed by atoms with Gasteiger partial charge in [-0.15, -0.1) is 0 Å². The molecule has 1 aliphatic rings. The van der Waals surface area contributed by atoms with Crippen LogP contribution < -0.4 is 4.90 Å². The molecule has 0 N–H and O–H groups in total. The molecular weight excluding hydrogens is 222 g/mol. The Bertz CT molecular complexity index is 412. The fourth-order valence-electron chi connectivity index (χ4n) is 2.44. The van der Waals surface area contributed by atoms with Crippen LogP contribution in [0.3, 0.4) is 0 Å². The number of pyridine rings is 1. The molecule has 0 aliphatic carbocycles. The van der Waals surface area contributed by atoms with Gasteiger partial charge in [-0.3, -0.25) is 0 Å². The summed E-state index contributed by atoms with van der Waals surface area (Å²) in [5, 5.41) is 0. The predicted molar refractivity (Wildman–Crippen MR) is 77.1 cm³/mol. The van der Waals surface area contributed by atoms with E-state index in [0.717, 1.165) is 19.6 Å². The highest BCUT2D eigenvalue weighted by atomic mass is 15.3. The van der Waals surface area contributed by atoms with Crippen LogP contribution in [0.1, 0.15) is 44.9 Å². The fourth-order valence-corrected chi connectivity index (χ4v) is 2.44. The topological polar surface area (TPSA) is 19.4 Å². The molecular formula is C15H25N3. The molecule has 0 fully saturated rings. The predicted octanol–water partition coefficient (Wildman–Crippen LogP) is 2.87. The third-order valence-electron chi connectivity index (χ3n) is 3.63. The lowest BCUT2D eigenvalue weighted by Gasteiger charge is -2.28. The van der Waals surface area contributed by atoms with E-state index in [4.69, 9.17) is 4.98 Å². The van der Waals surface area contributed by atoms with Crippen molar-refractivity contribution >= 4 is 5.82 Å². The Hall–Kier alpha value is -1.09. The molecule has 2 rings (SSSR count). The Morgan fingerprint density at radius 2 is 1.83 bits per heavy atom. The molecule has 0 aromatic carbocycles. The Labute approximate surface area is 111 Å². The number of hydrogen-bond acceptors (Lipinski definition) is 3. The van der Waals surface area contributed by atoms with E-state index in [1.807, 2.05) is 0 Å². The van der Waals surface area contributed by atoms with Crippen LogP contribution in [0, 0.1) is 0 Å². The summed E-state index contributed by atoms with van der Waals surface area (Å²) in [6.07, 6.45) is 0. The third-order valence-corrected chi connectivity index (χ3v) is 3.63. The Morgan fingerprint density at radius 1 is 1.11 bits per heavy atom. The van der Waals surface area contributed by atoms with Crippen molar-refractivity contribution in [3.05, 3.63) is 23.4 Å². The quantitative estimate of drug-likeness (QED) is 0.801. The largest absolute Gasteiger partial charge is 0.353 e. The van der Waals surface area contributed by atoms with Crippen molar-refractivity contribution in [2.45, 2.75) is 46.2 Å². The zero-order chi connectivity index (χ0) is 13.3. The van der Waals surface area contributed by atoms with Gasteiger partial charge >= 0.3 is 0 Å². The molecule has 0 radical (unpaired) electrons. The van der Waals surface area contributed by atoms with Gasteiger partial charge in [0, 0.05) is 36.9 Å². The van der Waals surface area contributed by atoms with Crippen LogP contribution in [0.4, 0.5) is 5.82 Å². The zero-order valence-electron chi connectivity index (χ0n) is 12.3. The first kappa shape index (κ1) is 13.3. The van der Waals surface area contributed by atoms with Gasteiger partial charge in [0.2, 0.25) is 0 Å². The van der Waals surface area contributed by atoms with Gasteiger partial charge in [0.15, 0.2) is 0 Å².